The number of nitrogens with one attached hydrogen (secondary N) is 2. The van der Waals surface area contributed by atoms with E-state index in [4.69, 9.17) is 17.0 Å². The average molecular weight is 293 g/mol. The quantitative estimate of drug-likeness (QED) is 0.641. The monoisotopic (exact) mass is 293 g/mol. The molecule has 1 aromatic rings. The molecule has 0 aromatic heterocycles. The first-order valence-corrected chi connectivity index (χ1v) is 7.56. The Bertz CT molecular complexity index is 416. The summed E-state index contributed by atoms with van der Waals surface area (Å²) in [6.45, 7) is 7.89. The summed E-state index contributed by atoms with van der Waals surface area (Å²) in [7, 11) is 0. The normalized spacial score (nSPS) is 15.8. The molecule has 1 saturated heterocycles. The molecule has 2 N–H and O–H groups in total. The first kappa shape index (κ1) is 15.2. The summed E-state index contributed by atoms with van der Waals surface area (Å²) in [5, 5.41) is 7.13. The van der Waals surface area contributed by atoms with Gasteiger partial charge in [0.15, 0.2) is 5.11 Å². The molecule has 0 unspecified atom stereocenters. The van der Waals surface area contributed by atoms with Crippen LogP contribution in [0.2, 0.25) is 0 Å². The Hall–Kier alpha value is -1.17. The van der Waals surface area contributed by atoms with Crippen LogP contribution in [0.5, 0.6) is 0 Å². The van der Waals surface area contributed by atoms with Crippen molar-refractivity contribution in [2.75, 3.05) is 44.7 Å². The maximum Gasteiger partial charge on any atom is 0.170 e. The highest BCUT2D eigenvalue weighted by atomic mass is 32.1. The number of nitrogens with zero attached hydrogens (tertiary/aromatic N) is 1. The van der Waals surface area contributed by atoms with Crippen molar-refractivity contribution in [2.45, 2.75) is 13.3 Å². The number of morpholine rings is 1. The second kappa shape index (κ2) is 8.19. The van der Waals surface area contributed by atoms with E-state index < -0.39 is 0 Å². The van der Waals surface area contributed by atoms with Crippen molar-refractivity contribution in [3.8, 4) is 0 Å². The van der Waals surface area contributed by atoms with E-state index in [0.717, 1.165) is 51.5 Å². The van der Waals surface area contributed by atoms with Gasteiger partial charge in [0.25, 0.3) is 0 Å². The molecule has 1 fully saturated rings. The summed E-state index contributed by atoms with van der Waals surface area (Å²) in [4.78, 5) is 2.43. The third-order valence-corrected chi connectivity index (χ3v) is 3.60. The van der Waals surface area contributed by atoms with Crippen LogP contribution in [-0.2, 0) is 4.74 Å². The van der Waals surface area contributed by atoms with Gasteiger partial charge in [-0.05, 0) is 44.2 Å². The topological polar surface area (TPSA) is 36.5 Å². The van der Waals surface area contributed by atoms with Crippen molar-refractivity contribution >= 4 is 23.0 Å². The highest BCUT2D eigenvalue weighted by Gasteiger charge is 2.09. The predicted octanol–water partition coefficient (Wildman–Crippen LogP) is 2.00. The van der Waals surface area contributed by atoms with Gasteiger partial charge in [0.1, 0.15) is 0 Å². The Morgan fingerprint density at radius 1 is 1.25 bits per heavy atom. The molecule has 4 nitrogen and oxygen atoms in total. The van der Waals surface area contributed by atoms with E-state index in [-0.39, 0.29) is 0 Å². The Balaban J connectivity index is 1.59. The number of hydrogen-bond acceptors (Lipinski definition) is 3. The summed E-state index contributed by atoms with van der Waals surface area (Å²) in [5.74, 6) is 0. The van der Waals surface area contributed by atoms with Gasteiger partial charge < -0.3 is 15.4 Å². The van der Waals surface area contributed by atoms with Crippen LogP contribution in [0.3, 0.4) is 0 Å². The maximum absolute atomic E-state index is 5.33. The molecular formula is C15H23N3OS. The number of benzene rings is 1. The largest absolute Gasteiger partial charge is 0.379 e. The van der Waals surface area contributed by atoms with E-state index in [2.05, 4.69) is 34.6 Å². The number of hydrogen-bond donors (Lipinski definition) is 2. The zero-order chi connectivity index (χ0) is 14.2. The van der Waals surface area contributed by atoms with Crippen LogP contribution in [0.1, 0.15) is 12.0 Å². The molecule has 0 atom stereocenters. The Morgan fingerprint density at radius 3 is 2.65 bits per heavy atom. The van der Waals surface area contributed by atoms with Gasteiger partial charge in [-0.3, -0.25) is 4.90 Å². The number of ether oxygens (including phenoxy) is 1. The lowest BCUT2D eigenvalue weighted by atomic mass is 10.2. The van der Waals surface area contributed by atoms with E-state index in [1.54, 1.807) is 0 Å². The lowest BCUT2D eigenvalue weighted by Gasteiger charge is -2.26. The standard InChI is InChI=1S/C15H23N3OS/c1-13-3-5-14(6-4-13)17-15(20)16-7-2-8-18-9-11-19-12-10-18/h3-6H,2,7-12H2,1H3,(H2,16,17,20). The first-order valence-electron chi connectivity index (χ1n) is 7.16. The van der Waals surface area contributed by atoms with Gasteiger partial charge in [0, 0.05) is 25.3 Å². The molecule has 1 heterocycles. The molecule has 1 aliphatic rings. The Kier molecular flexibility index (Phi) is 6.24. The number of aryl methyl sites for hydroxylation is 1. The van der Waals surface area contributed by atoms with Gasteiger partial charge in [0.05, 0.1) is 13.2 Å². The van der Waals surface area contributed by atoms with Crippen molar-refractivity contribution in [1.29, 1.82) is 0 Å². The van der Waals surface area contributed by atoms with Crippen LogP contribution < -0.4 is 10.6 Å². The van der Waals surface area contributed by atoms with E-state index in [9.17, 15) is 0 Å². The fourth-order valence-electron chi connectivity index (χ4n) is 2.14. The van der Waals surface area contributed by atoms with Gasteiger partial charge in [-0.25, -0.2) is 0 Å². The predicted molar refractivity (Wildman–Crippen MR) is 87.3 cm³/mol. The van der Waals surface area contributed by atoms with Gasteiger partial charge in [-0.1, -0.05) is 17.7 Å². The SMILES string of the molecule is Cc1ccc(NC(=S)NCCCN2CCOCC2)cc1. The molecule has 1 aromatic carbocycles. The zero-order valence-corrected chi connectivity index (χ0v) is 12.8. The molecule has 1 aliphatic heterocycles. The minimum Gasteiger partial charge on any atom is -0.379 e. The first-order chi connectivity index (χ1) is 9.74. The highest BCUT2D eigenvalue weighted by Crippen LogP contribution is 2.08. The van der Waals surface area contributed by atoms with E-state index in [0.29, 0.717) is 5.11 Å². The molecule has 110 valence electrons. The van der Waals surface area contributed by atoms with Crippen LogP contribution >= 0.6 is 12.2 Å². The minimum absolute atomic E-state index is 0.691. The number of anilines is 1. The summed E-state index contributed by atoms with van der Waals surface area (Å²) >= 11 is 5.28. The van der Waals surface area contributed by atoms with Crippen molar-refractivity contribution in [3.05, 3.63) is 29.8 Å². The van der Waals surface area contributed by atoms with Crippen LogP contribution in [0.4, 0.5) is 5.69 Å². The lowest BCUT2D eigenvalue weighted by molar-refractivity contribution is 0.0376. The number of rotatable bonds is 5. The van der Waals surface area contributed by atoms with Crippen molar-refractivity contribution in [3.63, 3.8) is 0 Å². The summed E-state index contributed by atoms with van der Waals surface area (Å²) in [6, 6.07) is 8.22. The van der Waals surface area contributed by atoms with Gasteiger partial charge in [-0.15, -0.1) is 0 Å². The second-order valence-corrected chi connectivity index (χ2v) is 5.46. The molecule has 0 amide bonds. The smallest absolute Gasteiger partial charge is 0.170 e. The van der Waals surface area contributed by atoms with Crippen molar-refractivity contribution in [2.24, 2.45) is 0 Å². The van der Waals surface area contributed by atoms with Crippen LogP contribution in [0, 0.1) is 6.92 Å². The second-order valence-electron chi connectivity index (χ2n) is 5.05. The van der Waals surface area contributed by atoms with E-state index in [1.807, 2.05) is 12.1 Å². The van der Waals surface area contributed by atoms with Gasteiger partial charge in [-0.2, -0.15) is 0 Å². The Labute approximate surface area is 126 Å². The molecule has 5 heteroatoms. The molecule has 20 heavy (non-hydrogen) atoms. The molecule has 0 radical (unpaired) electrons. The third kappa shape index (κ3) is 5.45. The van der Waals surface area contributed by atoms with E-state index in [1.165, 1.54) is 5.56 Å². The lowest BCUT2D eigenvalue weighted by Crippen LogP contribution is -2.38. The average Bonchev–Trinajstić information content (AvgIpc) is 2.47. The van der Waals surface area contributed by atoms with Crippen molar-refractivity contribution < 1.29 is 4.74 Å². The minimum atomic E-state index is 0.691. The van der Waals surface area contributed by atoms with E-state index >= 15 is 0 Å². The van der Waals surface area contributed by atoms with Crippen LogP contribution in [0.15, 0.2) is 24.3 Å². The fraction of sp³-hybridized carbons (Fsp3) is 0.533. The summed E-state index contributed by atoms with van der Waals surface area (Å²) in [5.41, 5.74) is 2.28. The molecular weight excluding hydrogens is 270 g/mol. The third-order valence-electron chi connectivity index (χ3n) is 3.35. The Morgan fingerprint density at radius 2 is 1.95 bits per heavy atom. The summed E-state index contributed by atoms with van der Waals surface area (Å²) < 4.78 is 5.33. The fourth-order valence-corrected chi connectivity index (χ4v) is 2.36. The highest BCUT2D eigenvalue weighted by molar-refractivity contribution is 7.80. The van der Waals surface area contributed by atoms with Gasteiger partial charge >= 0.3 is 0 Å². The summed E-state index contributed by atoms with van der Waals surface area (Å²) in [6.07, 6.45) is 1.09. The van der Waals surface area contributed by atoms with Crippen molar-refractivity contribution in [1.82, 2.24) is 10.2 Å². The molecule has 0 aliphatic carbocycles. The maximum atomic E-state index is 5.33. The molecule has 0 bridgehead atoms. The number of thiocarbonyl (C=S) groups is 1. The van der Waals surface area contributed by atoms with Crippen LogP contribution in [0.25, 0.3) is 0 Å². The van der Waals surface area contributed by atoms with Crippen LogP contribution in [-0.4, -0.2) is 49.4 Å². The molecule has 2 rings (SSSR count). The molecule has 0 spiro atoms. The van der Waals surface area contributed by atoms with Gasteiger partial charge in [0.2, 0.25) is 0 Å². The zero-order valence-electron chi connectivity index (χ0n) is 12.0. The molecule has 0 saturated carbocycles.